The summed E-state index contributed by atoms with van der Waals surface area (Å²) in [7, 11) is 0. The van der Waals surface area contributed by atoms with Crippen molar-refractivity contribution in [1.82, 2.24) is 9.78 Å². The maximum atomic E-state index is 12.1. The number of benzene rings is 2. The Morgan fingerprint density at radius 2 is 1.62 bits per heavy atom. The third-order valence-corrected chi connectivity index (χ3v) is 3.41. The van der Waals surface area contributed by atoms with Crippen molar-refractivity contribution < 1.29 is 14.0 Å². The SMILES string of the molecule is CC(=O)Nc1ccc(NC(=O)Cn2nc(-c3ccccc3)oc2=O)cc1. The minimum absolute atomic E-state index is 0.156. The summed E-state index contributed by atoms with van der Waals surface area (Å²) in [6.45, 7) is 1.14. The van der Waals surface area contributed by atoms with Crippen molar-refractivity contribution in [3.8, 4) is 11.5 Å². The molecule has 0 saturated carbocycles. The van der Waals surface area contributed by atoms with Crippen LogP contribution in [-0.2, 0) is 16.1 Å². The number of rotatable bonds is 5. The molecule has 2 N–H and O–H groups in total. The Hall–Kier alpha value is -3.68. The molecule has 0 aliphatic heterocycles. The Balaban J connectivity index is 1.66. The summed E-state index contributed by atoms with van der Waals surface area (Å²) in [5, 5.41) is 9.32. The number of aromatic nitrogens is 2. The maximum absolute atomic E-state index is 12.1. The van der Waals surface area contributed by atoms with Crippen LogP contribution in [0, 0.1) is 0 Å². The molecule has 2 aromatic carbocycles. The van der Waals surface area contributed by atoms with Gasteiger partial charge in [0.15, 0.2) is 0 Å². The highest BCUT2D eigenvalue weighted by Crippen LogP contribution is 2.15. The van der Waals surface area contributed by atoms with Crippen molar-refractivity contribution in [3.63, 3.8) is 0 Å². The van der Waals surface area contributed by atoms with Gasteiger partial charge in [0.1, 0.15) is 6.54 Å². The number of carbonyl (C=O) groups excluding carboxylic acids is 2. The van der Waals surface area contributed by atoms with Crippen molar-refractivity contribution in [2.45, 2.75) is 13.5 Å². The third-order valence-electron chi connectivity index (χ3n) is 3.41. The number of hydrogen-bond acceptors (Lipinski definition) is 5. The first-order chi connectivity index (χ1) is 12.5. The maximum Gasteiger partial charge on any atom is 0.437 e. The van der Waals surface area contributed by atoms with Crippen molar-refractivity contribution >= 4 is 23.2 Å². The number of hydrogen-bond donors (Lipinski definition) is 2. The lowest BCUT2D eigenvalue weighted by Gasteiger charge is -2.06. The molecule has 0 unspecified atom stereocenters. The molecule has 1 aromatic heterocycles. The minimum Gasteiger partial charge on any atom is -0.388 e. The standard InChI is InChI=1S/C18H16N4O4/c1-12(23)19-14-7-9-15(10-8-14)20-16(24)11-22-18(25)26-17(21-22)13-5-3-2-4-6-13/h2-10H,11H2,1H3,(H,19,23)(H,20,24). The quantitative estimate of drug-likeness (QED) is 0.731. The van der Waals surface area contributed by atoms with E-state index in [4.69, 9.17) is 4.42 Å². The second-order valence-electron chi connectivity index (χ2n) is 5.50. The Morgan fingerprint density at radius 1 is 1.00 bits per heavy atom. The summed E-state index contributed by atoms with van der Waals surface area (Å²) in [5.74, 6) is -1.16. The normalized spacial score (nSPS) is 10.3. The topological polar surface area (TPSA) is 106 Å². The molecular weight excluding hydrogens is 336 g/mol. The predicted octanol–water partition coefficient (Wildman–Crippen LogP) is 2.10. The molecule has 0 atom stereocenters. The summed E-state index contributed by atoms with van der Waals surface area (Å²) in [5.41, 5.74) is 1.80. The van der Waals surface area contributed by atoms with Gasteiger partial charge in [-0.2, -0.15) is 4.68 Å². The van der Waals surface area contributed by atoms with E-state index < -0.39 is 11.7 Å². The smallest absolute Gasteiger partial charge is 0.388 e. The first-order valence-corrected chi connectivity index (χ1v) is 7.82. The van der Waals surface area contributed by atoms with Crippen LogP contribution in [0.5, 0.6) is 0 Å². The number of carbonyl (C=O) groups is 2. The molecule has 3 rings (SSSR count). The zero-order valence-corrected chi connectivity index (χ0v) is 13.9. The number of amides is 2. The Labute approximate surface area is 148 Å². The van der Waals surface area contributed by atoms with E-state index in [-0.39, 0.29) is 18.3 Å². The molecule has 0 bridgehead atoms. The third kappa shape index (κ3) is 4.23. The molecule has 0 radical (unpaired) electrons. The van der Waals surface area contributed by atoms with Gasteiger partial charge in [0.2, 0.25) is 17.7 Å². The molecule has 0 aliphatic rings. The second-order valence-corrected chi connectivity index (χ2v) is 5.50. The molecule has 0 saturated heterocycles. The predicted molar refractivity (Wildman–Crippen MR) is 95.6 cm³/mol. The summed E-state index contributed by atoms with van der Waals surface area (Å²) in [6.07, 6.45) is 0. The van der Waals surface area contributed by atoms with Crippen molar-refractivity contribution in [2.24, 2.45) is 0 Å². The van der Waals surface area contributed by atoms with Gasteiger partial charge >= 0.3 is 5.76 Å². The average Bonchev–Trinajstić information content (AvgIpc) is 2.97. The van der Waals surface area contributed by atoms with Gasteiger partial charge in [0.05, 0.1) is 0 Å². The highest BCUT2D eigenvalue weighted by atomic mass is 16.4. The lowest BCUT2D eigenvalue weighted by molar-refractivity contribution is -0.117. The van der Waals surface area contributed by atoms with Crippen LogP contribution < -0.4 is 16.4 Å². The Kier molecular flexibility index (Phi) is 4.93. The molecule has 26 heavy (non-hydrogen) atoms. The van der Waals surface area contributed by atoms with Gasteiger partial charge in [-0.05, 0) is 36.4 Å². The highest BCUT2D eigenvalue weighted by Gasteiger charge is 2.13. The first-order valence-electron chi connectivity index (χ1n) is 7.82. The van der Waals surface area contributed by atoms with E-state index in [1.54, 1.807) is 48.5 Å². The highest BCUT2D eigenvalue weighted by molar-refractivity contribution is 5.92. The largest absolute Gasteiger partial charge is 0.437 e. The van der Waals surface area contributed by atoms with E-state index in [0.29, 0.717) is 16.9 Å². The first kappa shape index (κ1) is 17.2. The van der Waals surface area contributed by atoms with E-state index in [0.717, 1.165) is 4.68 Å². The van der Waals surface area contributed by atoms with E-state index in [2.05, 4.69) is 15.7 Å². The van der Waals surface area contributed by atoms with E-state index in [9.17, 15) is 14.4 Å². The van der Waals surface area contributed by atoms with Crippen LogP contribution in [0.3, 0.4) is 0 Å². The molecule has 8 nitrogen and oxygen atoms in total. The fraction of sp³-hybridized carbons (Fsp3) is 0.111. The van der Waals surface area contributed by atoms with Gasteiger partial charge in [-0.25, -0.2) is 4.79 Å². The van der Waals surface area contributed by atoms with Crippen LogP contribution in [0.15, 0.2) is 63.8 Å². The van der Waals surface area contributed by atoms with Crippen LogP contribution in [0.1, 0.15) is 6.92 Å². The monoisotopic (exact) mass is 352 g/mol. The summed E-state index contributed by atoms with van der Waals surface area (Å²) in [4.78, 5) is 35.0. The van der Waals surface area contributed by atoms with Crippen LogP contribution >= 0.6 is 0 Å². The zero-order valence-electron chi connectivity index (χ0n) is 13.9. The fourth-order valence-corrected chi connectivity index (χ4v) is 2.28. The fourth-order valence-electron chi connectivity index (χ4n) is 2.28. The van der Waals surface area contributed by atoms with Crippen LogP contribution in [0.2, 0.25) is 0 Å². The van der Waals surface area contributed by atoms with E-state index >= 15 is 0 Å². The molecule has 0 spiro atoms. The molecular formula is C18H16N4O4. The molecule has 1 heterocycles. The number of anilines is 2. The van der Waals surface area contributed by atoms with Gasteiger partial charge in [-0.1, -0.05) is 18.2 Å². The summed E-state index contributed by atoms with van der Waals surface area (Å²) < 4.78 is 6.04. The van der Waals surface area contributed by atoms with E-state index in [1.807, 2.05) is 6.07 Å². The van der Waals surface area contributed by atoms with Gasteiger partial charge in [-0.3, -0.25) is 9.59 Å². The molecule has 3 aromatic rings. The average molecular weight is 352 g/mol. The van der Waals surface area contributed by atoms with Crippen LogP contribution in [0.4, 0.5) is 11.4 Å². The van der Waals surface area contributed by atoms with Gasteiger partial charge in [0, 0.05) is 23.9 Å². The summed E-state index contributed by atoms with van der Waals surface area (Å²) in [6, 6.07) is 15.5. The Bertz CT molecular complexity index is 974. The van der Waals surface area contributed by atoms with Crippen molar-refractivity contribution in [2.75, 3.05) is 10.6 Å². The number of nitrogens with zero attached hydrogens (tertiary/aromatic N) is 2. The molecule has 0 aliphatic carbocycles. The second kappa shape index (κ2) is 7.47. The van der Waals surface area contributed by atoms with Gasteiger partial charge < -0.3 is 15.1 Å². The lowest BCUT2D eigenvalue weighted by atomic mass is 10.2. The molecule has 132 valence electrons. The van der Waals surface area contributed by atoms with Gasteiger partial charge in [-0.15, -0.1) is 5.10 Å². The minimum atomic E-state index is -0.708. The zero-order chi connectivity index (χ0) is 18.5. The van der Waals surface area contributed by atoms with Crippen LogP contribution in [0.25, 0.3) is 11.5 Å². The molecule has 2 amide bonds. The van der Waals surface area contributed by atoms with Crippen molar-refractivity contribution in [3.05, 3.63) is 65.1 Å². The molecule has 8 heteroatoms. The van der Waals surface area contributed by atoms with E-state index in [1.165, 1.54) is 6.92 Å². The van der Waals surface area contributed by atoms with Gasteiger partial charge in [0.25, 0.3) is 0 Å². The summed E-state index contributed by atoms with van der Waals surface area (Å²) >= 11 is 0. The Morgan fingerprint density at radius 3 is 2.23 bits per heavy atom. The van der Waals surface area contributed by atoms with Crippen LogP contribution in [-0.4, -0.2) is 21.6 Å². The molecule has 0 fully saturated rings. The lowest BCUT2D eigenvalue weighted by Crippen LogP contribution is -2.25. The van der Waals surface area contributed by atoms with Crippen molar-refractivity contribution in [1.29, 1.82) is 0 Å². The number of nitrogens with one attached hydrogen (secondary N) is 2.